The summed E-state index contributed by atoms with van der Waals surface area (Å²) < 4.78 is 0. The molecule has 0 bridgehead atoms. The van der Waals surface area contributed by atoms with Crippen LogP contribution in [0.4, 0.5) is 0 Å². The van der Waals surface area contributed by atoms with Crippen LogP contribution in [0.1, 0.15) is 50.2 Å². The molecule has 8 heteroatoms. The van der Waals surface area contributed by atoms with Crippen LogP contribution >= 0.6 is 11.6 Å². The van der Waals surface area contributed by atoms with Gasteiger partial charge in [-0.2, -0.15) is 0 Å². The smallest absolute Gasteiger partial charge is 0.262 e. The Bertz CT molecular complexity index is 1160. The monoisotopic (exact) mass is 437 g/mol. The molecule has 0 radical (unpaired) electrons. The molecule has 1 saturated heterocycles. The average Bonchev–Trinajstić information content (AvgIpc) is 2.99. The van der Waals surface area contributed by atoms with Gasteiger partial charge in [0.25, 0.3) is 11.8 Å². The minimum absolute atomic E-state index is 0.0805. The molecule has 2 aromatic carbocycles. The first-order valence-electron chi connectivity index (χ1n) is 9.80. The second kappa shape index (κ2) is 8.00. The molecule has 0 aliphatic carbocycles. The first-order chi connectivity index (χ1) is 14.8. The number of imide groups is 2. The van der Waals surface area contributed by atoms with Gasteiger partial charge in [0, 0.05) is 23.7 Å². The van der Waals surface area contributed by atoms with Crippen LogP contribution in [0.2, 0.25) is 5.02 Å². The zero-order valence-electron chi connectivity index (χ0n) is 16.8. The molecule has 4 amide bonds. The summed E-state index contributed by atoms with van der Waals surface area (Å²) in [7, 11) is 0. The van der Waals surface area contributed by atoms with Crippen LogP contribution in [0.25, 0.3) is 5.70 Å². The van der Waals surface area contributed by atoms with E-state index < -0.39 is 29.7 Å². The number of nitrogens with zero attached hydrogens (tertiary/aromatic N) is 1. The lowest BCUT2D eigenvalue weighted by atomic mass is 10.0. The highest BCUT2D eigenvalue weighted by Gasteiger charge is 2.45. The Morgan fingerprint density at radius 1 is 1.19 bits per heavy atom. The maximum Gasteiger partial charge on any atom is 0.262 e. The lowest BCUT2D eigenvalue weighted by molar-refractivity contribution is -0.136. The SMILES string of the molecule is C=C(NCc1cccc2c1C(=O)N(C1CCC(=O)NC1=O)C2=O)c1ccc(C)c(Cl)c1. The third kappa shape index (κ3) is 3.72. The Labute approximate surface area is 184 Å². The molecule has 2 heterocycles. The first kappa shape index (κ1) is 20.8. The van der Waals surface area contributed by atoms with E-state index >= 15 is 0 Å². The average molecular weight is 438 g/mol. The van der Waals surface area contributed by atoms with Gasteiger partial charge in [0.1, 0.15) is 6.04 Å². The van der Waals surface area contributed by atoms with Crippen LogP contribution in [-0.2, 0) is 16.1 Å². The number of nitrogens with one attached hydrogen (secondary N) is 2. The van der Waals surface area contributed by atoms with E-state index in [-0.39, 0.29) is 30.5 Å². The highest BCUT2D eigenvalue weighted by Crippen LogP contribution is 2.30. The number of hydrogen-bond acceptors (Lipinski definition) is 5. The van der Waals surface area contributed by atoms with Gasteiger partial charge in [-0.25, -0.2) is 0 Å². The predicted molar refractivity (Wildman–Crippen MR) is 115 cm³/mol. The van der Waals surface area contributed by atoms with Crippen LogP contribution in [0, 0.1) is 6.92 Å². The Morgan fingerprint density at radius 2 is 1.97 bits per heavy atom. The van der Waals surface area contributed by atoms with Crippen molar-refractivity contribution in [2.45, 2.75) is 32.4 Å². The van der Waals surface area contributed by atoms with E-state index in [1.54, 1.807) is 24.3 Å². The number of aryl methyl sites for hydroxylation is 1. The third-order valence-corrected chi connectivity index (χ3v) is 5.97. The van der Waals surface area contributed by atoms with Crippen LogP contribution < -0.4 is 10.6 Å². The molecule has 2 aromatic rings. The molecular formula is C23H20ClN3O4. The zero-order valence-corrected chi connectivity index (χ0v) is 17.6. The molecule has 2 aliphatic rings. The molecule has 1 atom stereocenters. The molecule has 1 fully saturated rings. The standard InChI is InChI=1S/C23H20ClN3O4/c1-12-6-7-14(10-17(12)24)13(2)25-11-15-4-3-5-16-20(15)23(31)27(22(16)30)18-8-9-19(28)26-21(18)29/h3-7,10,18,25H,2,8-9,11H2,1H3,(H,26,28,29). The van der Waals surface area contributed by atoms with Crippen molar-refractivity contribution in [2.24, 2.45) is 0 Å². The largest absolute Gasteiger partial charge is 0.381 e. The van der Waals surface area contributed by atoms with Crippen molar-refractivity contribution in [1.82, 2.24) is 15.5 Å². The third-order valence-electron chi connectivity index (χ3n) is 5.57. The fourth-order valence-corrected chi connectivity index (χ4v) is 4.00. The quantitative estimate of drug-likeness (QED) is 0.701. The molecule has 4 rings (SSSR count). The topological polar surface area (TPSA) is 95.6 Å². The number of benzene rings is 2. The summed E-state index contributed by atoms with van der Waals surface area (Å²) in [6, 6.07) is 9.62. The number of fused-ring (bicyclic) bond motifs is 1. The molecule has 158 valence electrons. The van der Waals surface area contributed by atoms with Gasteiger partial charge in [-0.1, -0.05) is 42.4 Å². The van der Waals surface area contributed by atoms with Gasteiger partial charge in [-0.05, 0) is 42.2 Å². The predicted octanol–water partition coefficient (Wildman–Crippen LogP) is 2.81. The number of carbonyl (C=O) groups is 4. The Morgan fingerprint density at radius 3 is 2.68 bits per heavy atom. The summed E-state index contributed by atoms with van der Waals surface area (Å²) in [6.45, 7) is 6.20. The molecule has 2 aliphatic heterocycles. The minimum atomic E-state index is -0.990. The Balaban J connectivity index is 1.56. The molecular weight excluding hydrogens is 418 g/mol. The number of carbonyl (C=O) groups excluding carboxylic acids is 4. The summed E-state index contributed by atoms with van der Waals surface area (Å²) in [5.41, 5.74) is 3.52. The van der Waals surface area contributed by atoms with Crippen molar-refractivity contribution in [3.63, 3.8) is 0 Å². The van der Waals surface area contributed by atoms with Crippen molar-refractivity contribution in [1.29, 1.82) is 0 Å². The summed E-state index contributed by atoms with van der Waals surface area (Å²) in [5.74, 6) is -2.09. The van der Waals surface area contributed by atoms with Crippen LogP contribution in [-0.4, -0.2) is 34.6 Å². The maximum atomic E-state index is 13.1. The summed E-state index contributed by atoms with van der Waals surface area (Å²) in [6.07, 6.45) is 0.200. The van der Waals surface area contributed by atoms with Crippen molar-refractivity contribution in [2.75, 3.05) is 0 Å². The lowest BCUT2D eigenvalue weighted by Gasteiger charge is -2.27. The molecule has 2 N–H and O–H groups in total. The molecule has 31 heavy (non-hydrogen) atoms. The number of hydrogen-bond donors (Lipinski definition) is 2. The second-order valence-electron chi connectivity index (χ2n) is 7.58. The first-order valence-corrected chi connectivity index (χ1v) is 10.2. The summed E-state index contributed by atoms with van der Waals surface area (Å²) in [4.78, 5) is 50.6. The molecule has 7 nitrogen and oxygen atoms in total. The number of halogens is 1. The number of piperidine rings is 1. The lowest BCUT2D eigenvalue weighted by Crippen LogP contribution is -2.54. The van der Waals surface area contributed by atoms with Gasteiger partial charge in [0.05, 0.1) is 11.1 Å². The van der Waals surface area contributed by atoms with Crippen molar-refractivity contribution in [3.05, 3.63) is 75.8 Å². The van der Waals surface area contributed by atoms with Crippen LogP contribution in [0.3, 0.4) is 0 Å². The summed E-state index contributed by atoms with van der Waals surface area (Å²) in [5, 5.41) is 6.00. The van der Waals surface area contributed by atoms with Gasteiger partial charge in [-0.15, -0.1) is 0 Å². The minimum Gasteiger partial charge on any atom is -0.381 e. The molecule has 0 aromatic heterocycles. The van der Waals surface area contributed by atoms with Crippen molar-refractivity contribution < 1.29 is 19.2 Å². The second-order valence-corrected chi connectivity index (χ2v) is 7.99. The molecule has 0 spiro atoms. The number of amides is 4. The van der Waals surface area contributed by atoms with Gasteiger partial charge in [0.2, 0.25) is 11.8 Å². The fourth-order valence-electron chi connectivity index (χ4n) is 3.82. The Kier molecular flexibility index (Phi) is 5.37. The van der Waals surface area contributed by atoms with E-state index in [9.17, 15) is 19.2 Å². The molecule has 0 saturated carbocycles. The maximum absolute atomic E-state index is 13.1. The normalized spacial score (nSPS) is 18.1. The highest BCUT2D eigenvalue weighted by molar-refractivity contribution is 6.31. The van der Waals surface area contributed by atoms with E-state index in [0.717, 1.165) is 16.0 Å². The Hall–Kier alpha value is -3.45. The van der Waals surface area contributed by atoms with Crippen molar-refractivity contribution >= 4 is 40.9 Å². The van der Waals surface area contributed by atoms with Gasteiger partial charge in [0.15, 0.2) is 0 Å². The summed E-state index contributed by atoms with van der Waals surface area (Å²) >= 11 is 6.19. The fraction of sp³-hybridized carbons (Fsp3) is 0.217. The molecule has 1 unspecified atom stereocenters. The van der Waals surface area contributed by atoms with E-state index in [1.165, 1.54) is 0 Å². The van der Waals surface area contributed by atoms with Gasteiger partial charge < -0.3 is 5.32 Å². The van der Waals surface area contributed by atoms with Crippen molar-refractivity contribution in [3.8, 4) is 0 Å². The highest BCUT2D eigenvalue weighted by atomic mass is 35.5. The zero-order chi connectivity index (χ0) is 22.3. The van der Waals surface area contributed by atoms with Gasteiger partial charge >= 0.3 is 0 Å². The van der Waals surface area contributed by atoms with Crippen LogP contribution in [0.15, 0.2) is 43.0 Å². The van der Waals surface area contributed by atoms with E-state index in [0.29, 0.717) is 16.3 Å². The van der Waals surface area contributed by atoms with E-state index in [1.807, 2.05) is 19.1 Å². The number of rotatable bonds is 5. The van der Waals surface area contributed by atoms with Crippen LogP contribution in [0.5, 0.6) is 0 Å². The van der Waals surface area contributed by atoms with E-state index in [4.69, 9.17) is 11.6 Å². The van der Waals surface area contributed by atoms with Gasteiger partial charge in [-0.3, -0.25) is 29.4 Å². The van der Waals surface area contributed by atoms with E-state index in [2.05, 4.69) is 17.2 Å².